The monoisotopic (exact) mass is 488 g/mol. The van der Waals surface area contributed by atoms with Crippen LogP contribution in [0.5, 0.6) is 0 Å². The van der Waals surface area contributed by atoms with E-state index in [4.69, 9.17) is 14.6 Å². The van der Waals surface area contributed by atoms with Crippen LogP contribution < -0.4 is 5.32 Å². The fourth-order valence-electron chi connectivity index (χ4n) is 5.01. The van der Waals surface area contributed by atoms with Crippen LogP contribution in [0.2, 0.25) is 0 Å². The van der Waals surface area contributed by atoms with Gasteiger partial charge in [0.1, 0.15) is 11.2 Å². The van der Waals surface area contributed by atoms with Crippen LogP contribution in [0.25, 0.3) is 0 Å². The highest BCUT2D eigenvalue weighted by atomic mass is 16.6. The third-order valence-electron chi connectivity index (χ3n) is 6.94. The molecule has 35 heavy (non-hydrogen) atoms. The predicted molar refractivity (Wildman–Crippen MR) is 136 cm³/mol. The van der Waals surface area contributed by atoms with E-state index in [1.165, 1.54) is 56.3 Å². The van der Waals surface area contributed by atoms with Crippen molar-refractivity contribution < 1.29 is 19.1 Å². The number of hydrogen-bond donors (Lipinski definition) is 1. The van der Waals surface area contributed by atoms with Crippen LogP contribution in [-0.2, 0) is 9.47 Å². The molecule has 0 bridgehead atoms. The second-order valence-corrected chi connectivity index (χ2v) is 12.7. The molecule has 0 spiro atoms. The van der Waals surface area contributed by atoms with Crippen molar-refractivity contribution in [3.05, 3.63) is 11.9 Å². The fourth-order valence-corrected chi connectivity index (χ4v) is 5.01. The molecular weight excluding hydrogens is 444 g/mol. The number of hydrogen-bond acceptors (Lipinski definition) is 6. The number of nitrogens with one attached hydrogen (secondary N) is 1. The van der Waals surface area contributed by atoms with E-state index in [1.54, 1.807) is 41.5 Å². The van der Waals surface area contributed by atoms with Crippen molar-refractivity contribution in [2.45, 2.75) is 129 Å². The SMILES string of the molecule is CC(C)(C)OC(=O)N(CC1CC(n2cc(NC3CCCCC3)c(C3CC3)n2)C1)C(=O)OC(C)(C)C. The Morgan fingerprint density at radius 1 is 0.971 bits per heavy atom. The van der Waals surface area contributed by atoms with Crippen LogP contribution in [0.3, 0.4) is 0 Å². The molecule has 8 heteroatoms. The first-order valence-corrected chi connectivity index (χ1v) is 13.5. The van der Waals surface area contributed by atoms with Crippen molar-refractivity contribution in [3.63, 3.8) is 0 Å². The second-order valence-electron chi connectivity index (χ2n) is 12.7. The molecule has 4 rings (SSSR count). The van der Waals surface area contributed by atoms with Crippen molar-refractivity contribution in [1.29, 1.82) is 0 Å². The summed E-state index contributed by atoms with van der Waals surface area (Å²) in [6, 6.07) is 0.850. The number of anilines is 1. The van der Waals surface area contributed by atoms with Gasteiger partial charge in [0.15, 0.2) is 0 Å². The largest absolute Gasteiger partial charge is 0.443 e. The van der Waals surface area contributed by atoms with E-state index >= 15 is 0 Å². The maximum Gasteiger partial charge on any atom is 0.419 e. The van der Waals surface area contributed by atoms with Gasteiger partial charge in [0.2, 0.25) is 0 Å². The number of amides is 2. The molecule has 2 amide bonds. The minimum atomic E-state index is -0.685. The quantitative estimate of drug-likeness (QED) is 0.484. The van der Waals surface area contributed by atoms with E-state index in [-0.39, 0.29) is 5.92 Å². The van der Waals surface area contributed by atoms with Gasteiger partial charge in [-0.3, -0.25) is 4.68 Å². The van der Waals surface area contributed by atoms with Gasteiger partial charge < -0.3 is 14.8 Å². The maximum atomic E-state index is 12.8. The molecule has 3 saturated carbocycles. The zero-order valence-corrected chi connectivity index (χ0v) is 22.4. The van der Waals surface area contributed by atoms with E-state index in [2.05, 4.69) is 16.2 Å². The standard InChI is InChI=1S/C27H44N4O4/c1-26(2,3)34-24(32)30(25(33)35-27(4,5)6)16-18-14-21(15-18)31-17-22(23(29-31)19-12-13-19)28-20-10-8-7-9-11-20/h17-21,28H,7-16H2,1-6H3. The van der Waals surface area contributed by atoms with Crippen molar-refractivity contribution >= 4 is 17.9 Å². The van der Waals surface area contributed by atoms with E-state index in [9.17, 15) is 9.59 Å². The Morgan fingerprint density at radius 2 is 1.54 bits per heavy atom. The lowest BCUT2D eigenvalue weighted by Crippen LogP contribution is -2.47. The van der Waals surface area contributed by atoms with Crippen molar-refractivity contribution in [3.8, 4) is 0 Å². The van der Waals surface area contributed by atoms with E-state index in [0.717, 1.165) is 17.7 Å². The molecule has 3 aliphatic carbocycles. The summed E-state index contributed by atoms with van der Waals surface area (Å²) in [5.74, 6) is 0.788. The third-order valence-corrected chi connectivity index (χ3v) is 6.94. The molecule has 0 radical (unpaired) electrons. The number of ether oxygens (including phenoxy) is 2. The number of carbonyl (C=O) groups excluding carboxylic acids is 2. The average molecular weight is 489 g/mol. The Labute approximate surface area is 210 Å². The molecule has 1 heterocycles. The summed E-state index contributed by atoms with van der Waals surface area (Å²) in [5.41, 5.74) is 1.07. The summed E-state index contributed by atoms with van der Waals surface area (Å²) in [7, 11) is 0. The highest BCUT2D eigenvalue weighted by Gasteiger charge is 2.39. The predicted octanol–water partition coefficient (Wildman–Crippen LogP) is 6.63. The summed E-state index contributed by atoms with van der Waals surface area (Å²) in [4.78, 5) is 26.7. The number of nitrogens with zero attached hydrogens (tertiary/aromatic N) is 3. The van der Waals surface area contributed by atoms with Gasteiger partial charge in [0.25, 0.3) is 0 Å². The lowest BCUT2D eigenvalue weighted by molar-refractivity contribution is -0.00641. The molecule has 0 saturated heterocycles. The molecule has 1 aromatic heterocycles. The molecule has 1 aromatic rings. The number of imide groups is 1. The van der Waals surface area contributed by atoms with Gasteiger partial charge in [-0.2, -0.15) is 5.10 Å². The molecule has 0 atom stereocenters. The average Bonchev–Trinajstić information content (AvgIpc) is 3.46. The third kappa shape index (κ3) is 7.14. The van der Waals surface area contributed by atoms with Gasteiger partial charge in [-0.25, -0.2) is 14.5 Å². The highest BCUT2D eigenvalue weighted by molar-refractivity contribution is 5.88. The number of aromatic nitrogens is 2. The van der Waals surface area contributed by atoms with Crippen LogP contribution in [0.4, 0.5) is 15.3 Å². The van der Waals surface area contributed by atoms with Crippen molar-refractivity contribution in [2.24, 2.45) is 5.92 Å². The van der Waals surface area contributed by atoms with Crippen LogP contribution in [0, 0.1) is 5.92 Å². The zero-order chi connectivity index (χ0) is 25.4. The number of rotatable bonds is 6. The minimum Gasteiger partial charge on any atom is -0.443 e. The van der Waals surface area contributed by atoms with Crippen molar-refractivity contribution in [2.75, 3.05) is 11.9 Å². The Kier molecular flexibility index (Phi) is 7.39. The summed E-state index contributed by atoms with van der Waals surface area (Å²) in [5, 5.41) is 8.79. The van der Waals surface area contributed by atoms with E-state index in [0.29, 0.717) is 24.5 Å². The lowest BCUT2D eigenvalue weighted by Gasteiger charge is -2.38. The summed E-state index contributed by atoms with van der Waals surface area (Å²) < 4.78 is 13.1. The Morgan fingerprint density at radius 3 is 2.06 bits per heavy atom. The molecule has 3 aliphatic rings. The zero-order valence-electron chi connectivity index (χ0n) is 22.4. The van der Waals surface area contributed by atoms with Gasteiger partial charge in [-0.05, 0) is 86.0 Å². The number of carbonyl (C=O) groups is 2. The normalized spacial score (nSPS) is 23.4. The van der Waals surface area contributed by atoms with Crippen LogP contribution in [0.1, 0.15) is 117 Å². The molecule has 0 aliphatic heterocycles. The fraction of sp³-hybridized carbons (Fsp3) is 0.815. The van der Waals surface area contributed by atoms with Crippen LogP contribution >= 0.6 is 0 Å². The molecule has 0 aromatic carbocycles. The minimum absolute atomic E-state index is 0.198. The van der Waals surface area contributed by atoms with Gasteiger partial charge in [-0.15, -0.1) is 0 Å². The first-order chi connectivity index (χ1) is 16.4. The van der Waals surface area contributed by atoms with Crippen LogP contribution in [0.15, 0.2) is 6.20 Å². The molecule has 0 unspecified atom stereocenters. The lowest BCUT2D eigenvalue weighted by atomic mass is 9.80. The molecular formula is C27H44N4O4. The molecule has 3 fully saturated rings. The topological polar surface area (TPSA) is 85.7 Å². The summed E-state index contributed by atoms with van der Waals surface area (Å²) >= 11 is 0. The van der Waals surface area contributed by atoms with Gasteiger partial charge in [0.05, 0.1) is 17.4 Å². The van der Waals surface area contributed by atoms with E-state index < -0.39 is 23.4 Å². The Balaban J connectivity index is 1.38. The van der Waals surface area contributed by atoms with Crippen molar-refractivity contribution in [1.82, 2.24) is 14.7 Å². The summed E-state index contributed by atoms with van der Waals surface area (Å²) in [6.07, 6.45) is 11.5. The molecule has 8 nitrogen and oxygen atoms in total. The molecule has 1 N–H and O–H groups in total. The highest BCUT2D eigenvalue weighted by Crippen LogP contribution is 2.45. The first-order valence-electron chi connectivity index (χ1n) is 13.5. The summed E-state index contributed by atoms with van der Waals surface area (Å²) in [6.45, 7) is 11.1. The Hall–Kier alpha value is -2.25. The van der Waals surface area contributed by atoms with Gasteiger partial charge >= 0.3 is 12.2 Å². The van der Waals surface area contributed by atoms with Crippen LogP contribution in [-0.4, -0.2) is 50.7 Å². The van der Waals surface area contributed by atoms with E-state index in [1.807, 2.05) is 0 Å². The van der Waals surface area contributed by atoms with Gasteiger partial charge in [0, 0.05) is 24.7 Å². The molecule has 196 valence electrons. The smallest absolute Gasteiger partial charge is 0.419 e. The maximum absolute atomic E-state index is 12.8. The second kappa shape index (κ2) is 10.0. The first kappa shape index (κ1) is 25.8. The van der Waals surface area contributed by atoms with Gasteiger partial charge in [-0.1, -0.05) is 19.3 Å². The Bertz CT molecular complexity index is 869.